The highest BCUT2D eigenvalue weighted by atomic mass is 16.5. The zero-order valence-corrected chi connectivity index (χ0v) is 14.8. The molecule has 4 aromatic rings. The summed E-state index contributed by atoms with van der Waals surface area (Å²) < 4.78 is 6.75. The average Bonchev–Trinajstić information content (AvgIpc) is 3.08. The second-order valence-electron chi connectivity index (χ2n) is 5.88. The molecule has 0 atom stereocenters. The summed E-state index contributed by atoms with van der Waals surface area (Å²) in [6.07, 6.45) is 0. The van der Waals surface area contributed by atoms with Gasteiger partial charge in [-0.2, -0.15) is 0 Å². The number of ether oxygens (including phenoxy) is 1. The maximum absolute atomic E-state index is 12.8. The van der Waals surface area contributed by atoms with Gasteiger partial charge in [-0.3, -0.25) is 0 Å². The summed E-state index contributed by atoms with van der Waals surface area (Å²) in [6.45, 7) is 0. The minimum atomic E-state index is -0.453. The molecule has 0 aliphatic heterocycles. The van der Waals surface area contributed by atoms with Crippen LogP contribution in [0.15, 0.2) is 64.5 Å². The van der Waals surface area contributed by atoms with E-state index >= 15 is 0 Å². The first-order valence-electron chi connectivity index (χ1n) is 8.33. The van der Waals surface area contributed by atoms with Crippen molar-refractivity contribution in [1.82, 2.24) is 19.5 Å². The Kier molecular flexibility index (Phi) is 4.24. The molecule has 2 aromatic heterocycles. The number of H-pyrrole nitrogens is 1. The van der Waals surface area contributed by atoms with Crippen molar-refractivity contribution in [1.29, 1.82) is 0 Å². The topological polar surface area (TPSA) is 131 Å². The molecule has 2 aromatic carbocycles. The van der Waals surface area contributed by atoms with E-state index in [0.717, 1.165) is 5.56 Å². The fourth-order valence-electron chi connectivity index (χ4n) is 2.97. The predicted octanol–water partition coefficient (Wildman–Crippen LogP) is 1.88. The standard InChI is InChI=1S/C19H16N6O3/c1-28-13-10-6-5-9-12(13)25-18-15(22-19(25)26)14(16(20)24-27)21-17(23-18)11-7-3-2-4-8-11/h2-10,27H,1H3,(H2,20,24)(H,22,26). The second-order valence-corrected chi connectivity index (χ2v) is 5.88. The van der Waals surface area contributed by atoms with Gasteiger partial charge >= 0.3 is 5.69 Å². The predicted molar refractivity (Wildman–Crippen MR) is 104 cm³/mol. The van der Waals surface area contributed by atoms with E-state index in [4.69, 9.17) is 15.7 Å². The number of nitrogens with one attached hydrogen (secondary N) is 1. The quantitative estimate of drug-likeness (QED) is 0.216. The van der Waals surface area contributed by atoms with Crippen molar-refractivity contribution >= 4 is 17.0 Å². The van der Waals surface area contributed by atoms with Gasteiger partial charge in [0, 0.05) is 5.56 Å². The largest absolute Gasteiger partial charge is 0.495 e. The van der Waals surface area contributed by atoms with Crippen molar-refractivity contribution in [3.63, 3.8) is 0 Å². The van der Waals surface area contributed by atoms with Gasteiger partial charge in [0.25, 0.3) is 0 Å². The molecule has 0 bridgehead atoms. The van der Waals surface area contributed by atoms with Crippen molar-refractivity contribution in [3.05, 3.63) is 70.8 Å². The Labute approximate surface area is 158 Å². The normalized spacial score (nSPS) is 11.7. The summed E-state index contributed by atoms with van der Waals surface area (Å²) in [5.74, 6) is 0.589. The number of oxime groups is 1. The van der Waals surface area contributed by atoms with Gasteiger partial charge < -0.3 is 20.7 Å². The monoisotopic (exact) mass is 376 g/mol. The highest BCUT2D eigenvalue weighted by Gasteiger charge is 2.21. The van der Waals surface area contributed by atoms with Crippen LogP contribution >= 0.6 is 0 Å². The van der Waals surface area contributed by atoms with Gasteiger partial charge in [0.05, 0.1) is 12.8 Å². The van der Waals surface area contributed by atoms with Crippen LogP contribution in [0.3, 0.4) is 0 Å². The number of methoxy groups -OCH3 is 1. The van der Waals surface area contributed by atoms with E-state index in [-0.39, 0.29) is 22.7 Å². The SMILES string of the molecule is COc1ccccc1-n1c(=O)[nH]c2c(/C(N)=N\O)nc(-c3ccccc3)nc21. The summed E-state index contributed by atoms with van der Waals surface area (Å²) in [6, 6.07) is 16.3. The van der Waals surface area contributed by atoms with Crippen LogP contribution in [0, 0.1) is 0 Å². The molecule has 4 N–H and O–H groups in total. The Bertz CT molecular complexity index is 1240. The summed E-state index contributed by atoms with van der Waals surface area (Å²) in [7, 11) is 1.52. The van der Waals surface area contributed by atoms with E-state index in [2.05, 4.69) is 20.1 Å². The molecule has 0 saturated heterocycles. The Hall–Kier alpha value is -4.14. The third-order valence-electron chi connectivity index (χ3n) is 4.25. The Balaban J connectivity index is 2.11. The van der Waals surface area contributed by atoms with E-state index in [0.29, 0.717) is 17.3 Å². The van der Waals surface area contributed by atoms with Gasteiger partial charge in [0.15, 0.2) is 17.3 Å². The lowest BCUT2D eigenvalue weighted by Gasteiger charge is -2.10. The Morgan fingerprint density at radius 1 is 1.14 bits per heavy atom. The number of hydrogen-bond donors (Lipinski definition) is 3. The van der Waals surface area contributed by atoms with Crippen LogP contribution < -0.4 is 16.2 Å². The lowest BCUT2D eigenvalue weighted by atomic mass is 10.2. The molecule has 0 aliphatic rings. The Morgan fingerprint density at radius 2 is 1.86 bits per heavy atom. The number of aromatic amines is 1. The van der Waals surface area contributed by atoms with E-state index in [1.807, 2.05) is 30.3 Å². The molecular formula is C19H16N6O3. The highest BCUT2D eigenvalue weighted by Crippen LogP contribution is 2.26. The number of nitrogens with two attached hydrogens (primary N) is 1. The van der Waals surface area contributed by atoms with Crippen LogP contribution in [0.1, 0.15) is 5.69 Å². The number of imidazole rings is 1. The molecule has 0 unspecified atom stereocenters. The van der Waals surface area contributed by atoms with Crippen molar-refractivity contribution in [2.45, 2.75) is 0 Å². The molecule has 28 heavy (non-hydrogen) atoms. The second kappa shape index (κ2) is 6.88. The lowest BCUT2D eigenvalue weighted by Crippen LogP contribution is -2.17. The number of fused-ring (bicyclic) bond motifs is 1. The first-order valence-corrected chi connectivity index (χ1v) is 8.33. The van der Waals surface area contributed by atoms with Gasteiger partial charge in [-0.1, -0.05) is 47.6 Å². The smallest absolute Gasteiger partial charge is 0.332 e. The minimum absolute atomic E-state index is 0.122. The zero-order chi connectivity index (χ0) is 19.7. The summed E-state index contributed by atoms with van der Waals surface area (Å²) >= 11 is 0. The highest BCUT2D eigenvalue weighted by molar-refractivity contribution is 6.05. The van der Waals surface area contributed by atoms with E-state index < -0.39 is 5.69 Å². The van der Waals surface area contributed by atoms with Crippen molar-refractivity contribution in [2.75, 3.05) is 7.11 Å². The number of nitrogens with zero attached hydrogens (tertiary/aromatic N) is 4. The fraction of sp³-hybridized carbons (Fsp3) is 0.0526. The van der Waals surface area contributed by atoms with Crippen molar-refractivity contribution < 1.29 is 9.94 Å². The number of hydrogen-bond acceptors (Lipinski definition) is 6. The average molecular weight is 376 g/mol. The van der Waals surface area contributed by atoms with Crippen LogP contribution in [0.5, 0.6) is 5.75 Å². The van der Waals surface area contributed by atoms with Gasteiger partial charge in [-0.25, -0.2) is 19.3 Å². The van der Waals surface area contributed by atoms with E-state index in [9.17, 15) is 4.79 Å². The molecular weight excluding hydrogens is 360 g/mol. The van der Waals surface area contributed by atoms with Gasteiger partial charge in [-0.15, -0.1) is 0 Å². The summed E-state index contributed by atoms with van der Waals surface area (Å²) in [5.41, 5.74) is 7.25. The van der Waals surface area contributed by atoms with Crippen molar-refractivity contribution in [2.24, 2.45) is 10.9 Å². The molecule has 4 rings (SSSR count). The number of amidine groups is 1. The zero-order valence-electron chi connectivity index (χ0n) is 14.8. The molecule has 9 heteroatoms. The maximum atomic E-state index is 12.8. The number of benzene rings is 2. The number of para-hydroxylation sites is 2. The van der Waals surface area contributed by atoms with Crippen molar-refractivity contribution in [3.8, 4) is 22.8 Å². The minimum Gasteiger partial charge on any atom is -0.495 e. The van der Waals surface area contributed by atoms with Crippen LogP contribution in [0.2, 0.25) is 0 Å². The molecule has 9 nitrogen and oxygen atoms in total. The molecule has 140 valence electrons. The molecule has 0 amide bonds. The molecule has 2 heterocycles. The molecule has 0 fully saturated rings. The summed E-state index contributed by atoms with van der Waals surface area (Å²) in [5, 5.41) is 12.2. The third-order valence-corrected chi connectivity index (χ3v) is 4.25. The van der Waals surface area contributed by atoms with Gasteiger partial charge in [-0.05, 0) is 12.1 Å². The summed E-state index contributed by atoms with van der Waals surface area (Å²) in [4.78, 5) is 24.4. The lowest BCUT2D eigenvalue weighted by molar-refractivity contribution is 0.318. The van der Waals surface area contributed by atoms with Gasteiger partial charge in [0.1, 0.15) is 17.0 Å². The Morgan fingerprint density at radius 3 is 2.57 bits per heavy atom. The van der Waals surface area contributed by atoms with Crippen LogP contribution in [-0.2, 0) is 0 Å². The fourth-order valence-corrected chi connectivity index (χ4v) is 2.97. The van der Waals surface area contributed by atoms with Crippen LogP contribution in [-0.4, -0.2) is 37.7 Å². The number of rotatable bonds is 4. The van der Waals surface area contributed by atoms with Crippen LogP contribution in [0.4, 0.5) is 0 Å². The van der Waals surface area contributed by atoms with E-state index in [1.165, 1.54) is 11.7 Å². The molecule has 0 radical (unpaired) electrons. The van der Waals surface area contributed by atoms with Crippen LogP contribution in [0.25, 0.3) is 28.2 Å². The molecule has 0 saturated carbocycles. The number of aromatic nitrogens is 4. The van der Waals surface area contributed by atoms with E-state index in [1.54, 1.807) is 24.3 Å². The molecule has 0 aliphatic carbocycles. The first-order chi connectivity index (χ1) is 13.6. The third kappa shape index (κ3) is 2.75. The molecule has 0 spiro atoms. The first kappa shape index (κ1) is 17.3. The van der Waals surface area contributed by atoms with Gasteiger partial charge in [0.2, 0.25) is 0 Å². The maximum Gasteiger partial charge on any atom is 0.332 e.